The summed E-state index contributed by atoms with van der Waals surface area (Å²) in [4.78, 5) is 23.8. The fourth-order valence-corrected chi connectivity index (χ4v) is 2.61. The SMILES string of the molecule is Cc1cc(C=O)c(O)c(CN2CCC[C@H]2C(=O)O)c1. The maximum atomic E-state index is 11.1. The number of nitrogens with zero attached hydrogens (tertiary/aromatic N) is 1. The molecule has 5 nitrogen and oxygen atoms in total. The monoisotopic (exact) mass is 263 g/mol. The molecule has 2 rings (SSSR count). The molecular formula is C14H17NO4. The zero-order valence-corrected chi connectivity index (χ0v) is 10.8. The molecule has 0 unspecified atom stereocenters. The van der Waals surface area contributed by atoms with E-state index >= 15 is 0 Å². The van der Waals surface area contributed by atoms with Crippen molar-refractivity contribution in [3.8, 4) is 5.75 Å². The first-order valence-electron chi connectivity index (χ1n) is 6.27. The molecule has 0 aromatic heterocycles. The standard InChI is InChI=1S/C14H17NO4/c1-9-5-10(13(17)11(6-9)8-16)7-15-4-2-3-12(15)14(18)19/h5-6,8,12,17H,2-4,7H2,1H3,(H,18,19)/t12-/m0/s1. The van der Waals surface area contributed by atoms with Gasteiger partial charge in [0.15, 0.2) is 6.29 Å². The summed E-state index contributed by atoms with van der Waals surface area (Å²) >= 11 is 0. The van der Waals surface area contributed by atoms with Gasteiger partial charge in [0.05, 0.1) is 5.56 Å². The van der Waals surface area contributed by atoms with E-state index in [1.807, 2.05) is 11.8 Å². The van der Waals surface area contributed by atoms with Gasteiger partial charge in [0.1, 0.15) is 11.8 Å². The van der Waals surface area contributed by atoms with Crippen LogP contribution in [0.2, 0.25) is 0 Å². The average molecular weight is 263 g/mol. The Hall–Kier alpha value is -1.88. The molecule has 1 fully saturated rings. The summed E-state index contributed by atoms with van der Waals surface area (Å²) in [6, 6.07) is 2.91. The molecule has 0 bridgehead atoms. The van der Waals surface area contributed by atoms with Gasteiger partial charge in [-0.05, 0) is 37.9 Å². The highest BCUT2D eigenvalue weighted by molar-refractivity contribution is 5.80. The van der Waals surface area contributed by atoms with Gasteiger partial charge in [-0.2, -0.15) is 0 Å². The molecule has 0 radical (unpaired) electrons. The molecule has 0 aliphatic carbocycles. The van der Waals surface area contributed by atoms with E-state index in [1.165, 1.54) is 0 Å². The number of aldehydes is 1. The van der Waals surface area contributed by atoms with Crippen molar-refractivity contribution in [3.63, 3.8) is 0 Å². The quantitative estimate of drug-likeness (QED) is 0.806. The molecule has 0 spiro atoms. The molecule has 1 aliphatic heterocycles. The number of carboxylic acids is 1. The van der Waals surface area contributed by atoms with E-state index in [2.05, 4.69) is 0 Å². The lowest BCUT2D eigenvalue weighted by molar-refractivity contribution is -0.142. The van der Waals surface area contributed by atoms with E-state index in [4.69, 9.17) is 5.11 Å². The van der Waals surface area contributed by atoms with Crippen LogP contribution in [-0.4, -0.2) is 40.0 Å². The second kappa shape index (κ2) is 5.40. The minimum Gasteiger partial charge on any atom is -0.507 e. The van der Waals surface area contributed by atoms with Crippen LogP contribution in [0.25, 0.3) is 0 Å². The van der Waals surface area contributed by atoms with Crippen molar-refractivity contribution in [1.29, 1.82) is 0 Å². The summed E-state index contributed by atoms with van der Waals surface area (Å²) in [6.07, 6.45) is 2.08. The minimum atomic E-state index is -0.833. The van der Waals surface area contributed by atoms with Gasteiger partial charge in [0.25, 0.3) is 0 Å². The molecule has 0 saturated carbocycles. The minimum absolute atomic E-state index is 0.0448. The van der Waals surface area contributed by atoms with Gasteiger partial charge in [-0.1, -0.05) is 6.07 Å². The van der Waals surface area contributed by atoms with Gasteiger partial charge in [-0.25, -0.2) is 0 Å². The number of phenolic OH excluding ortho intramolecular Hbond substituents is 1. The highest BCUT2D eigenvalue weighted by atomic mass is 16.4. The number of aliphatic carboxylic acids is 1. The molecule has 0 amide bonds. The third kappa shape index (κ3) is 2.76. The van der Waals surface area contributed by atoms with E-state index < -0.39 is 12.0 Å². The Morgan fingerprint density at radius 2 is 2.26 bits per heavy atom. The molecule has 19 heavy (non-hydrogen) atoms. The second-order valence-corrected chi connectivity index (χ2v) is 4.95. The molecule has 102 valence electrons. The number of aromatic hydroxyl groups is 1. The molecular weight excluding hydrogens is 246 g/mol. The smallest absolute Gasteiger partial charge is 0.320 e. The lowest BCUT2D eigenvalue weighted by Crippen LogP contribution is -2.35. The number of carbonyl (C=O) groups excluding carboxylic acids is 1. The number of carbonyl (C=O) groups is 2. The summed E-state index contributed by atoms with van der Waals surface area (Å²) in [5.74, 6) is -0.878. The lowest BCUT2D eigenvalue weighted by atomic mass is 10.0. The Balaban J connectivity index is 2.26. The van der Waals surface area contributed by atoms with Crippen LogP contribution in [0.1, 0.15) is 34.3 Å². The predicted molar refractivity (Wildman–Crippen MR) is 69.3 cm³/mol. The van der Waals surface area contributed by atoms with Gasteiger partial charge >= 0.3 is 5.97 Å². The fourth-order valence-electron chi connectivity index (χ4n) is 2.61. The third-order valence-corrected chi connectivity index (χ3v) is 3.51. The van der Waals surface area contributed by atoms with Gasteiger partial charge in [-0.15, -0.1) is 0 Å². The van der Waals surface area contributed by atoms with Crippen molar-refractivity contribution in [2.45, 2.75) is 32.4 Å². The molecule has 1 aromatic carbocycles. The zero-order chi connectivity index (χ0) is 14.0. The van der Waals surface area contributed by atoms with E-state index in [1.54, 1.807) is 12.1 Å². The summed E-state index contributed by atoms with van der Waals surface area (Å²) in [5, 5.41) is 19.1. The third-order valence-electron chi connectivity index (χ3n) is 3.51. The molecule has 2 N–H and O–H groups in total. The zero-order valence-electron chi connectivity index (χ0n) is 10.8. The Labute approximate surface area is 111 Å². The maximum absolute atomic E-state index is 11.1. The van der Waals surface area contributed by atoms with Gasteiger partial charge in [-0.3, -0.25) is 14.5 Å². The number of carboxylic acid groups (broad SMARTS) is 1. The molecule has 1 aromatic rings. The Morgan fingerprint density at radius 3 is 2.89 bits per heavy atom. The molecule has 1 atom stereocenters. The molecule has 1 saturated heterocycles. The van der Waals surface area contributed by atoms with Crippen molar-refractivity contribution in [3.05, 3.63) is 28.8 Å². The van der Waals surface area contributed by atoms with Crippen molar-refractivity contribution < 1.29 is 19.8 Å². The van der Waals surface area contributed by atoms with Gasteiger partial charge in [0, 0.05) is 12.1 Å². The van der Waals surface area contributed by atoms with Crippen LogP contribution in [0.3, 0.4) is 0 Å². The largest absolute Gasteiger partial charge is 0.507 e. The lowest BCUT2D eigenvalue weighted by Gasteiger charge is -2.22. The van der Waals surface area contributed by atoms with E-state index in [0.717, 1.165) is 12.0 Å². The first kappa shape index (κ1) is 13.5. The van der Waals surface area contributed by atoms with Crippen LogP contribution in [0.4, 0.5) is 0 Å². The van der Waals surface area contributed by atoms with E-state index in [-0.39, 0.29) is 11.3 Å². The Kier molecular flexibility index (Phi) is 3.85. The molecule has 1 heterocycles. The summed E-state index contributed by atoms with van der Waals surface area (Å²) in [7, 11) is 0. The predicted octanol–water partition coefficient (Wildman–Crippen LogP) is 1.56. The summed E-state index contributed by atoms with van der Waals surface area (Å²) < 4.78 is 0. The number of aryl methyl sites for hydroxylation is 1. The summed E-state index contributed by atoms with van der Waals surface area (Å²) in [6.45, 7) is 2.89. The molecule has 1 aliphatic rings. The maximum Gasteiger partial charge on any atom is 0.320 e. The van der Waals surface area contributed by atoms with Crippen molar-refractivity contribution in [2.75, 3.05) is 6.54 Å². The highest BCUT2D eigenvalue weighted by Gasteiger charge is 2.30. The Morgan fingerprint density at radius 1 is 1.53 bits per heavy atom. The van der Waals surface area contributed by atoms with Gasteiger partial charge in [0.2, 0.25) is 0 Å². The first-order valence-corrected chi connectivity index (χ1v) is 6.27. The topological polar surface area (TPSA) is 77.8 Å². The second-order valence-electron chi connectivity index (χ2n) is 4.95. The fraction of sp³-hybridized carbons (Fsp3) is 0.429. The Bertz CT molecular complexity index is 512. The van der Waals surface area contributed by atoms with Crippen molar-refractivity contribution >= 4 is 12.3 Å². The van der Waals surface area contributed by atoms with Crippen molar-refractivity contribution in [1.82, 2.24) is 4.90 Å². The summed E-state index contributed by atoms with van der Waals surface area (Å²) in [5.41, 5.74) is 1.73. The van der Waals surface area contributed by atoms with Crippen LogP contribution < -0.4 is 0 Å². The first-order chi connectivity index (χ1) is 9.02. The van der Waals surface area contributed by atoms with Gasteiger partial charge < -0.3 is 10.2 Å². The number of benzene rings is 1. The average Bonchev–Trinajstić information content (AvgIpc) is 2.81. The number of phenols is 1. The highest BCUT2D eigenvalue weighted by Crippen LogP contribution is 2.27. The van der Waals surface area contributed by atoms with Crippen LogP contribution in [0, 0.1) is 6.92 Å². The van der Waals surface area contributed by atoms with Crippen LogP contribution >= 0.6 is 0 Å². The van der Waals surface area contributed by atoms with E-state index in [9.17, 15) is 14.7 Å². The number of likely N-dealkylation sites (tertiary alicyclic amines) is 1. The molecule has 5 heteroatoms. The number of rotatable bonds is 4. The number of hydrogen-bond acceptors (Lipinski definition) is 4. The van der Waals surface area contributed by atoms with Crippen molar-refractivity contribution in [2.24, 2.45) is 0 Å². The number of hydrogen-bond donors (Lipinski definition) is 2. The van der Waals surface area contributed by atoms with Crippen LogP contribution in [0.15, 0.2) is 12.1 Å². The van der Waals surface area contributed by atoms with Crippen LogP contribution in [0.5, 0.6) is 5.75 Å². The van der Waals surface area contributed by atoms with E-state index in [0.29, 0.717) is 31.4 Å². The van der Waals surface area contributed by atoms with Crippen LogP contribution in [-0.2, 0) is 11.3 Å². The normalized spacial score (nSPS) is 19.5.